The molecule has 0 atom stereocenters. The lowest BCUT2D eigenvalue weighted by molar-refractivity contribution is -0.122. The van der Waals surface area contributed by atoms with Gasteiger partial charge in [0.05, 0.1) is 0 Å². The summed E-state index contributed by atoms with van der Waals surface area (Å²) in [5.41, 5.74) is 0.259. The third-order valence-electron chi connectivity index (χ3n) is 4.41. The predicted molar refractivity (Wildman–Crippen MR) is 94.2 cm³/mol. The van der Waals surface area contributed by atoms with Crippen molar-refractivity contribution in [1.82, 2.24) is 19.8 Å². The highest BCUT2D eigenvalue weighted by Crippen LogP contribution is 2.13. The van der Waals surface area contributed by atoms with E-state index in [2.05, 4.69) is 27.3 Å². The van der Waals surface area contributed by atoms with Crippen LogP contribution < -0.4 is 16.6 Å². The summed E-state index contributed by atoms with van der Waals surface area (Å²) in [5.74, 6) is -0.212. The van der Waals surface area contributed by atoms with Gasteiger partial charge < -0.3 is 5.32 Å². The molecule has 7 nitrogen and oxygen atoms in total. The Morgan fingerprint density at radius 2 is 1.84 bits per heavy atom. The summed E-state index contributed by atoms with van der Waals surface area (Å²) in [6.07, 6.45) is 3.11. The van der Waals surface area contributed by atoms with Crippen molar-refractivity contribution in [2.24, 2.45) is 0 Å². The molecule has 0 bridgehead atoms. The van der Waals surface area contributed by atoms with E-state index in [0.29, 0.717) is 0 Å². The van der Waals surface area contributed by atoms with Crippen molar-refractivity contribution in [3.8, 4) is 0 Å². The monoisotopic (exact) mass is 342 g/mol. The van der Waals surface area contributed by atoms with E-state index >= 15 is 0 Å². The van der Waals surface area contributed by atoms with Crippen LogP contribution in [0.15, 0.2) is 52.2 Å². The number of carbonyl (C=O) groups is 1. The molecule has 0 saturated carbocycles. The Balaban J connectivity index is 1.46. The summed E-state index contributed by atoms with van der Waals surface area (Å²) in [5, 5.41) is 2.98. The van der Waals surface area contributed by atoms with Gasteiger partial charge >= 0.3 is 5.69 Å². The van der Waals surface area contributed by atoms with Crippen molar-refractivity contribution >= 4 is 5.91 Å². The van der Waals surface area contributed by atoms with Crippen LogP contribution >= 0.6 is 0 Å². The molecule has 2 aromatic rings. The fraction of sp³-hybridized carbons (Fsp3) is 0.389. The summed E-state index contributed by atoms with van der Waals surface area (Å²) < 4.78 is 1.20. The van der Waals surface area contributed by atoms with Crippen LogP contribution in [0.2, 0.25) is 0 Å². The molecular weight excluding hydrogens is 320 g/mol. The van der Waals surface area contributed by atoms with E-state index in [1.54, 1.807) is 0 Å². The molecule has 7 heteroatoms. The van der Waals surface area contributed by atoms with Gasteiger partial charge in [0, 0.05) is 37.9 Å². The van der Waals surface area contributed by atoms with Crippen molar-refractivity contribution in [3.05, 3.63) is 69.0 Å². The number of rotatable bonds is 5. The van der Waals surface area contributed by atoms with Crippen molar-refractivity contribution in [2.45, 2.75) is 32.0 Å². The first-order valence-corrected chi connectivity index (χ1v) is 8.45. The van der Waals surface area contributed by atoms with Crippen molar-refractivity contribution in [3.63, 3.8) is 0 Å². The molecule has 1 amide bonds. The van der Waals surface area contributed by atoms with E-state index in [9.17, 15) is 14.4 Å². The molecule has 2 N–H and O–H groups in total. The zero-order valence-corrected chi connectivity index (χ0v) is 14.0. The SMILES string of the molecule is O=C(Cn1ccc(=O)[nH]c1=O)NC1CCN(Cc2ccccc2)CC1. The number of nitrogens with zero attached hydrogens (tertiary/aromatic N) is 2. The first kappa shape index (κ1) is 17.2. The Hall–Kier alpha value is -2.67. The first-order chi connectivity index (χ1) is 12.1. The van der Waals surface area contributed by atoms with Gasteiger partial charge in [0.15, 0.2) is 0 Å². The quantitative estimate of drug-likeness (QED) is 0.819. The molecule has 2 heterocycles. The van der Waals surface area contributed by atoms with Crippen LogP contribution in [0.3, 0.4) is 0 Å². The van der Waals surface area contributed by atoms with E-state index in [-0.39, 0.29) is 18.5 Å². The molecule has 1 fully saturated rings. The second-order valence-corrected chi connectivity index (χ2v) is 6.34. The van der Waals surface area contributed by atoms with Gasteiger partial charge in [-0.1, -0.05) is 30.3 Å². The number of hydrogen-bond donors (Lipinski definition) is 2. The van der Waals surface area contributed by atoms with Gasteiger partial charge in [0.2, 0.25) is 5.91 Å². The maximum atomic E-state index is 12.1. The molecule has 0 unspecified atom stereocenters. The van der Waals surface area contributed by atoms with Gasteiger partial charge in [-0.15, -0.1) is 0 Å². The Labute approximate surface area is 145 Å². The molecule has 0 spiro atoms. The summed E-state index contributed by atoms with van der Waals surface area (Å²) in [6.45, 7) is 2.70. The molecular formula is C18H22N4O3. The van der Waals surface area contributed by atoms with Crippen molar-refractivity contribution < 1.29 is 4.79 Å². The number of aromatic nitrogens is 2. The highest BCUT2D eigenvalue weighted by molar-refractivity contribution is 5.76. The number of nitrogens with one attached hydrogen (secondary N) is 2. The van der Waals surface area contributed by atoms with E-state index in [4.69, 9.17) is 0 Å². The molecule has 0 aliphatic carbocycles. The second kappa shape index (κ2) is 7.94. The number of aromatic amines is 1. The molecule has 3 rings (SSSR count). The minimum atomic E-state index is -0.569. The fourth-order valence-corrected chi connectivity index (χ4v) is 3.07. The summed E-state index contributed by atoms with van der Waals surface area (Å²) >= 11 is 0. The normalized spacial score (nSPS) is 15.8. The second-order valence-electron chi connectivity index (χ2n) is 6.34. The summed E-state index contributed by atoms with van der Waals surface area (Å²) in [6, 6.07) is 11.7. The van der Waals surface area contributed by atoms with Crippen LogP contribution in [0.25, 0.3) is 0 Å². The molecule has 0 radical (unpaired) electrons. The van der Waals surface area contributed by atoms with E-state index < -0.39 is 11.2 Å². The third-order valence-corrected chi connectivity index (χ3v) is 4.41. The molecule has 1 saturated heterocycles. The van der Waals surface area contributed by atoms with Crippen LogP contribution in [-0.4, -0.2) is 39.5 Å². The van der Waals surface area contributed by atoms with Gasteiger partial charge in [-0.05, 0) is 18.4 Å². The van der Waals surface area contributed by atoms with E-state index in [0.717, 1.165) is 32.5 Å². The minimum absolute atomic E-state index is 0.0835. The lowest BCUT2D eigenvalue weighted by atomic mass is 10.0. The fourth-order valence-electron chi connectivity index (χ4n) is 3.07. The Morgan fingerprint density at radius 1 is 1.12 bits per heavy atom. The first-order valence-electron chi connectivity index (χ1n) is 8.45. The number of hydrogen-bond acceptors (Lipinski definition) is 4. The van der Waals surface area contributed by atoms with Crippen LogP contribution in [0.4, 0.5) is 0 Å². The van der Waals surface area contributed by atoms with Crippen LogP contribution in [0, 0.1) is 0 Å². The topological polar surface area (TPSA) is 87.2 Å². The van der Waals surface area contributed by atoms with E-state index in [1.165, 1.54) is 22.4 Å². The maximum absolute atomic E-state index is 12.1. The number of amides is 1. The summed E-state index contributed by atoms with van der Waals surface area (Å²) in [4.78, 5) is 39.3. The molecule has 1 aromatic heterocycles. The van der Waals surface area contributed by atoms with Gasteiger partial charge in [-0.2, -0.15) is 0 Å². The minimum Gasteiger partial charge on any atom is -0.352 e. The number of likely N-dealkylation sites (tertiary alicyclic amines) is 1. The zero-order chi connectivity index (χ0) is 17.6. The smallest absolute Gasteiger partial charge is 0.328 e. The highest BCUT2D eigenvalue weighted by atomic mass is 16.2. The molecule has 1 aliphatic rings. The van der Waals surface area contributed by atoms with Crippen molar-refractivity contribution in [2.75, 3.05) is 13.1 Å². The standard InChI is InChI=1S/C18H22N4O3/c23-16-8-11-22(18(25)20-16)13-17(24)19-15-6-9-21(10-7-15)12-14-4-2-1-3-5-14/h1-5,8,11,15H,6-7,9-10,12-13H2,(H,19,24)(H,20,23,25). The molecule has 25 heavy (non-hydrogen) atoms. The van der Waals surface area contributed by atoms with Gasteiger partial charge in [-0.3, -0.25) is 24.0 Å². The number of benzene rings is 1. The third kappa shape index (κ3) is 4.90. The average Bonchev–Trinajstić information content (AvgIpc) is 2.60. The number of H-pyrrole nitrogens is 1. The molecule has 1 aromatic carbocycles. The van der Waals surface area contributed by atoms with Crippen LogP contribution in [0.1, 0.15) is 18.4 Å². The predicted octanol–water partition coefficient (Wildman–Crippen LogP) is 0.317. The van der Waals surface area contributed by atoms with Gasteiger partial charge in [0.1, 0.15) is 6.54 Å². The van der Waals surface area contributed by atoms with Crippen molar-refractivity contribution in [1.29, 1.82) is 0 Å². The highest BCUT2D eigenvalue weighted by Gasteiger charge is 2.20. The van der Waals surface area contributed by atoms with Crippen LogP contribution in [-0.2, 0) is 17.9 Å². The average molecular weight is 342 g/mol. The Bertz CT molecular complexity index is 820. The Kier molecular flexibility index (Phi) is 5.45. The lowest BCUT2D eigenvalue weighted by Gasteiger charge is -2.32. The van der Waals surface area contributed by atoms with Gasteiger partial charge in [-0.25, -0.2) is 4.79 Å². The maximum Gasteiger partial charge on any atom is 0.328 e. The summed E-state index contributed by atoms with van der Waals surface area (Å²) in [7, 11) is 0. The van der Waals surface area contributed by atoms with E-state index in [1.807, 2.05) is 18.2 Å². The number of carbonyl (C=O) groups excluding carboxylic acids is 1. The van der Waals surface area contributed by atoms with Gasteiger partial charge in [0.25, 0.3) is 5.56 Å². The van der Waals surface area contributed by atoms with Crippen LogP contribution in [0.5, 0.6) is 0 Å². The molecule has 1 aliphatic heterocycles. The lowest BCUT2D eigenvalue weighted by Crippen LogP contribution is -2.46. The molecule has 132 valence electrons. The number of piperidine rings is 1. The largest absolute Gasteiger partial charge is 0.352 e. The Morgan fingerprint density at radius 3 is 2.52 bits per heavy atom. The zero-order valence-electron chi connectivity index (χ0n) is 14.0.